The first kappa shape index (κ1) is 19.2. The van der Waals surface area contributed by atoms with Gasteiger partial charge in [0.25, 0.3) is 0 Å². The van der Waals surface area contributed by atoms with E-state index in [0.717, 1.165) is 11.3 Å². The summed E-state index contributed by atoms with van der Waals surface area (Å²) in [5.74, 6) is 0.907. The molecule has 0 aliphatic carbocycles. The first-order valence-corrected chi connectivity index (χ1v) is 9.62. The summed E-state index contributed by atoms with van der Waals surface area (Å²) < 4.78 is 49.8. The molecule has 0 fully saturated rings. The zero-order valence-electron chi connectivity index (χ0n) is 14.1. The van der Waals surface area contributed by atoms with Gasteiger partial charge in [0.2, 0.25) is 10.0 Å². The summed E-state index contributed by atoms with van der Waals surface area (Å²) in [6, 6.07) is 13.1. The summed E-state index contributed by atoms with van der Waals surface area (Å²) in [5.41, 5.74) is 1.00. The highest BCUT2D eigenvalue weighted by Crippen LogP contribution is 2.13. The van der Waals surface area contributed by atoms with E-state index in [1.165, 1.54) is 24.3 Å². The van der Waals surface area contributed by atoms with Crippen molar-refractivity contribution in [2.75, 3.05) is 26.0 Å². The summed E-state index contributed by atoms with van der Waals surface area (Å²) in [7, 11) is -1.76. The lowest BCUT2D eigenvalue weighted by Gasteiger charge is -2.09. The second-order valence-corrected chi connectivity index (χ2v) is 7.40. The van der Waals surface area contributed by atoms with Gasteiger partial charge in [0.1, 0.15) is 17.3 Å². The van der Waals surface area contributed by atoms with Crippen LogP contribution in [-0.2, 0) is 16.4 Å². The van der Waals surface area contributed by atoms with Crippen LogP contribution in [-0.4, -0.2) is 34.4 Å². The lowest BCUT2D eigenvalue weighted by Crippen LogP contribution is -2.29. The quantitative estimate of drug-likeness (QED) is 0.656. The molecule has 5 nitrogen and oxygen atoms in total. The van der Waals surface area contributed by atoms with Crippen LogP contribution in [0, 0.1) is 5.82 Å². The van der Waals surface area contributed by atoms with Crippen molar-refractivity contribution in [1.29, 1.82) is 0 Å². The van der Waals surface area contributed by atoms with Gasteiger partial charge < -0.3 is 9.47 Å². The Balaban J connectivity index is 1.67. The highest BCUT2D eigenvalue weighted by atomic mass is 32.2. The number of hydrogen-bond acceptors (Lipinski definition) is 4. The van der Waals surface area contributed by atoms with Gasteiger partial charge >= 0.3 is 0 Å². The molecule has 2 rings (SSSR count). The van der Waals surface area contributed by atoms with Gasteiger partial charge in [-0.1, -0.05) is 12.1 Å². The highest BCUT2D eigenvalue weighted by molar-refractivity contribution is 7.89. The zero-order valence-corrected chi connectivity index (χ0v) is 14.9. The van der Waals surface area contributed by atoms with Gasteiger partial charge in [0.05, 0.1) is 19.5 Å². The Bertz CT molecular complexity index is 763. The van der Waals surface area contributed by atoms with Crippen LogP contribution in [0.25, 0.3) is 0 Å². The molecule has 0 spiro atoms. The molecule has 7 heteroatoms. The zero-order chi connectivity index (χ0) is 18.1. The monoisotopic (exact) mass is 367 g/mol. The first-order valence-electron chi connectivity index (χ1n) is 7.97. The molecule has 0 radical (unpaired) electrons. The van der Waals surface area contributed by atoms with Gasteiger partial charge in [-0.2, -0.15) is 0 Å². The smallest absolute Gasteiger partial charge is 0.211 e. The van der Waals surface area contributed by atoms with E-state index in [1.54, 1.807) is 7.11 Å². The van der Waals surface area contributed by atoms with Crippen LogP contribution in [0.4, 0.5) is 4.39 Å². The van der Waals surface area contributed by atoms with Gasteiger partial charge in [-0.05, 0) is 54.8 Å². The van der Waals surface area contributed by atoms with Crippen LogP contribution in [0.3, 0.4) is 0 Å². The van der Waals surface area contributed by atoms with E-state index >= 15 is 0 Å². The molecule has 0 bridgehead atoms. The molecule has 0 amide bonds. The Hall–Kier alpha value is -2.12. The van der Waals surface area contributed by atoms with Crippen molar-refractivity contribution in [1.82, 2.24) is 4.72 Å². The van der Waals surface area contributed by atoms with Crippen molar-refractivity contribution in [2.24, 2.45) is 0 Å². The third kappa shape index (κ3) is 7.11. The van der Waals surface area contributed by atoms with E-state index < -0.39 is 10.0 Å². The van der Waals surface area contributed by atoms with Gasteiger partial charge in [0, 0.05) is 6.54 Å². The largest absolute Gasteiger partial charge is 0.497 e. The van der Waals surface area contributed by atoms with Crippen molar-refractivity contribution < 1.29 is 22.3 Å². The molecule has 1 N–H and O–H groups in total. The fourth-order valence-electron chi connectivity index (χ4n) is 2.22. The molecule has 0 atom stereocenters. The van der Waals surface area contributed by atoms with Gasteiger partial charge in [-0.3, -0.25) is 0 Å². The molecule has 25 heavy (non-hydrogen) atoms. The molecular weight excluding hydrogens is 345 g/mol. The molecule has 0 aliphatic rings. The lowest BCUT2D eigenvalue weighted by molar-refractivity contribution is 0.317. The van der Waals surface area contributed by atoms with Crippen LogP contribution < -0.4 is 14.2 Å². The number of methoxy groups -OCH3 is 1. The minimum absolute atomic E-state index is 0.0215. The Morgan fingerprint density at radius 2 is 1.84 bits per heavy atom. The van der Waals surface area contributed by atoms with E-state index in [0.29, 0.717) is 25.1 Å². The molecule has 0 saturated heterocycles. The molecule has 2 aromatic rings. The second kappa shape index (κ2) is 9.39. The minimum atomic E-state index is -3.35. The maximum atomic E-state index is 12.8. The van der Waals surface area contributed by atoms with E-state index in [9.17, 15) is 12.8 Å². The molecule has 0 unspecified atom stereocenters. The lowest BCUT2D eigenvalue weighted by atomic mass is 10.1. The third-order valence-electron chi connectivity index (χ3n) is 3.51. The Morgan fingerprint density at radius 3 is 2.56 bits per heavy atom. The van der Waals surface area contributed by atoms with Gasteiger partial charge in [0.15, 0.2) is 0 Å². The first-order chi connectivity index (χ1) is 12.0. The summed E-state index contributed by atoms with van der Waals surface area (Å²) in [5, 5.41) is 0. The number of ether oxygens (including phenoxy) is 2. The molecule has 0 aliphatic heterocycles. The average molecular weight is 367 g/mol. The second-order valence-electron chi connectivity index (χ2n) is 5.47. The summed E-state index contributed by atoms with van der Waals surface area (Å²) in [6.45, 7) is 0.580. The van der Waals surface area contributed by atoms with Crippen molar-refractivity contribution in [3.05, 3.63) is 59.9 Å². The SMILES string of the molecule is COc1cccc(CCNS(=O)(=O)CCCOc2ccc(F)cc2)c1. The highest BCUT2D eigenvalue weighted by Gasteiger charge is 2.09. The van der Waals surface area contributed by atoms with Gasteiger partial charge in [-0.25, -0.2) is 17.5 Å². The molecule has 136 valence electrons. The third-order valence-corrected chi connectivity index (χ3v) is 4.98. The maximum Gasteiger partial charge on any atom is 0.211 e. The maximum absolute atomic E-state index is 12.8. The van der Waals surface area contributed by atoms with Gasteiger partial charge in [-0.15, -0.1) is 0 Å². The Labute approximate surface area is 147 Å². The molecule has 2 aromatic carbocycles. The predicted octanol–water partition coefficient (Wildman–Crippen LogP) is 2.77. The molecule has 0 heterocycles. The normalized spacial score (nSPS) is 11.3. The minimum Gasteiger partial charge on any atom is -0.497 e. The average Bonchev–Trinajstić information content (AvgIpc) is 2.60. The summed E-state index contributed by atoms with van der Waals surface area (Å²) >= 11 is 0. The van der Waals surface area contributed by atoms with E-state index in [1.807, 2.05) is 24.3 Å². The number of benzene rings is 2. The van der Waals surface area contributed by atoms with Crippen molar-refractivity contribution in [2.45, 2.75) is 12.8 Å². The van der Waals surface area contributed by atoms with E-state index in [2.05, 4.69) is 4.72 Å². The number of sulfonamides is 1. The Kier molecular flexibility index (Phi) is 7.21. The van der Waals surface area contributed by atoms with Crippen LogP contribution in [0.2, 0.25) is 0 Å². The summed E-state index contributed by atoms with van der Waals surface area (Å²) in [4.78, 5) is 0. The van der Waals surface area contributed by atoms with E-state index in [4.69, 9.17) is 9.47 Å². The molecule has 0 saturated carbocycles. The number of nitrogens with one attached hydrogen (secondary N) is 1. The van der Waals surface area contributed by atoms with Crippen molar-refractivity contribution in [3.8, 4) is 11.5 Å². The number of hydrogen-bond donors (Lipinski definition) is 1. The fourth-order valence-corrected chi connectivity index (χ4v) is 3.28. The van der Waals surface area contributed by atoms with E-state index in [-0.39, 0.29) is 18.2 Å². The summed E-state index contributed by atoms with van der Waals surface area (Å²) in [6.07, 6.45) is 0.939. The molecule has 0 aromatic heterocycles. The van der Waals surface area contributed by atoms with Crippen LogP contribution in [0.5, 0.6) is 11.5 Å². The predicted molar refractivity (Wildman–Crippen MR) is 95.0 cm³/mol. The van der Waals surface area contributed by atoms with Crippen LogP contribution in [0.1, 0.15) is 12.0 Å². The standard InChI is InChI=1S/C18H22FNO4S/c1-23-18-5-2-4-15(14-18)10-11-20-25(21,22)13-3-12-24-17-8-6-16(19)7-9-17/h2,4-9,14,20H,3,10-13H2,1H3. The van der Waals surface area contributed by atoms with Crippen LogP contribution in [0.15, 0.2) is 48.5 Å². The molecular formula is C18H22FNO4S. The number of rotatable bonds is 10. The van der Waals surface area contributed by atoms with Crippen molar-refractivity contribution >= 4 is 10.0 Å². The van der Waals surface area contributed by atoms with Crippen LogP contribution >= 0.6 is 0 Å². The van der Waals surface area contributed by atoms with Crippen molar-refractivity contribution in [3.63, 3.8) is 0 Å². The Morgan fingerprint density at radius 1 is 1.08 bits per heavy atom. The fraction of sp³-hybridized carbons (Fsp3) is 0.333. The topological polar surface area (TPSA) is 64.6 Å². The number of halogens is 1.